The van der Waals surface area contributed by atoms with Crippen molar-refractivity contribution in [2.75, 3.05) is 19.5 Å². The molecular weight excluding hydrogens is 232 g/mol. The lowest BCUT2D eigenvalue weighted by molar-refractivity contribution is 0.342. The Kier molecular flexibility index (Phi) is 5.05. The SMILES string of the molecule is COc1ccc(OCCSC2CCCC2)cc1. The fraction of sp³-hybridized carbons (Fsp3) is 0.571. The Morgan fingerprint density at radius 3 is 2.41 bits per heavy atom. The molecule has 1 aliphatic carbocycles. The first-order valence-corrected chi connectivity index (χ1v) is 7.32. The molecule has 0 spiro atoms. The second kappa shape index (κ2) is 6.80. The van der Waals surface area contributed by atoms with E-state index >= 15 is 0 Å². The van der Waals surface area contributed by atoms with Crippen LogP contribution in [0.2, 0.25) is 0 Å². The van der Waals surface area contributed by atoms with Gasteiger partial charge in [-0.25, -0.2) is 0 Å². The molecule has 0 N–H and O–H groups in total. The molecule has 0 bridgehead atoms. The molecule has 3 heteroatoms. The summed E-state index contributed by atoms with van der Waals surface area (Å²) in [7, 11) is 1.67. The van der Waals surface area contributed by atoms with Crippen molar-refractivity contribution < 1.29 is 9.47 Å². The molecular formula is C14H20O2S. The highest BCUT2D eigenvalue weighted by atomic mass is 32.2. The van der Waals surface area contributed by atoms with Gasteiger partial charge >= 0.3 is 0 Å². The fourth-order valence-corrected chi connectivity index (χ4v) is 3.28. The van der Waals surface area contributed by atoms with Crippen molar-refractivity contribution in [3.05, 3.63) is 24.3 Å². The van der Waals surface area contributed by atoms with Crippen molar-refractivity contribution in [3.8, 4) is 11.5 Å². The van der Waals surface area contributed by atoms with Crippen molar-refractivity contribution in [2.45, 2.75) is 30.9 Å². The second-order valence-corrected chi connectivity index (χ2v) is 5.71. The van der Waals surface area contributed by atoms with Gasteiger partial charge < -0.3 is 9.47 Å². The zero-order chi connectivity index (χ0) is 11.9. The van der Waals surface area contributed by atoms with Crippen molar-refractivity contribution in [2.24, 2.45) is 0 Å². The summed E-state index contributed by atoms with van der Waals surface area (Å²) in [5.41, 5.74) is 0. The average molecular weight is 252 g/mol. The van der Waals surface area contributed by atoms with E-state index < -0.39 is 0 Å². The predicted octanol–water partition coefficient (Wildman–Crippen LogP) is 3.75. The molecule has 0 atom stereocenters. The molecule has 0 radical (unpaired) electrons. The topological polar surface area (TPSA) is 18.5 Å². The van der Waals surface area contributed by atoms with Crippen molar-refractivity contribution >= 4 is 11.8 Å². The first-order valence-electron chi connectivity index (χ1n) is 6.27. The predicted molar refractivity (Wildman–Crippen MR) is 73.2 cm³/mol. The third-order valence-corrected chi connectivity index (χ3v) is 4.41. The van der Waals surface area contributed by atoms with Gasteiger partial charge in [0, 0.05) is 11.0 Å². The van der Waals surface area contributed by atoms with Crippen LogP contribution in [0.3, 0.4) is 0 Å². The third kappa shape index (κ3) is 4.15. The third-order valence-electron chi connectivity index (χ3n) is 3.07. The first-order chi connectivity index (χ1) is 8.38. The quantitative estimate of drug-likeness (QED) is 0.718. The molecule has 17 heavy (non-hydrogen) atoms. The Bertz CT molecular complexity index is 317. The molecule has 0 amide bonds. The van der Waals surface area contributed by atoms with Crippen molar-refractivity contribution in [1.82, 2.24) is 0 Å². The minimum Gasteiger partial charge on any atom is -0.497 e. The van der Waals surface area contributed by atoms with Gasteiger partial charge in [0.25, 0.3) is 0 Å². The number of ether oxygens (including phenoxy) is 2. The molecule has 0 saturated heterocycles. The number of hydrogen-bond donors (Lipinski definition) is 0. The molecule has 0 aliphatic heterocycles. The summed E-state index contributed by atoms with van der Waals surface area (Å²) < 4.78 is 10.8. The van der Waals surface area contributed by atoms with Gasteiger partial charge in [-0.15, -0.1) is 0 Å². The van der Waals surface area contributed by atoms with E-state index in [0.29, 0.717) is 0 Å². The van der Waals surface area contributed by atoms with Crippen molar-refractivity contribution in [1.29, 1.82) is 0 Å². The monoisotopic (exact) mass is 252 g/mol. The number of thioether (sulfide) groups is 1. The van der Waals surface area contributed by atoms with E-state index in [0.717, 1.165) is 29.1 Å². The van der Waals surface area contributed by atoms with Crippen LogP contribution in [0.15, 0.2) is 24.3 Å². The minimum atomic E-state index is 0.799. The van der Waals surface area contributed by atoms with Gasteiger partial charge in [-0.1, -0.05) is 12.8 Å². The Morgan fingerprint density at radius 1 is 1.12 bits per heavy atom. The summed E-state index contributed by atoms with van der Waals surface area (Å²) in [6.45, 7) is 0.799. The van der Waals surface area contributed by atoms with Crippen LogP contribution >= 0.6 is 11.8 Å². The zero-order valence-electron chi connectivity index (χ0n) is 10.4. The maximum absolute atomic E-state index is 5.69. The van der Waals surface area contributed by atoms with Gasteiger partial charge in [0.1, 0.15) is 11.5 Å². The summed E-state index contributed by atoms with van der Waals surface area (Å²) in [5.74, 6) is 2.90. The van der Waals surface area contributed by atoms with Crippen LogP contribution in [0.1, 0.15) is 25.7 Å². The normalized spacial score (nSPS) is 16.1. The largest absolute Gasteiger partial charge is 0.497 e. The van der Waals surface area contributed by atoms with Crippen LogP contribution in [-0.2, 0) is 0 Å². The maximum atomic E-state index is 5.69. The van der Waals surface area contributed by atoms with Crippen LogP contribution in [0, 0.1) is 0 Å². The fourth-order valence-electron chi connectivity index (χ4n) is 2.10. The Morgan fingerprint density at radius 2 is 1.76 bits per heavy atom. The Balaban J connectivity index is 1.63. The molecule has 0 heterocycles. The maximum Gasteiger partial charge on any atom is 0.119 e. The zero-order valence-corrected chi connectivity index (χ0v) is 11.2. The van der Waals surface area contributed by atoms with E-state index in [-0.39, 0.29) is 0 Å². The van der Waals surface area contributed by atoms with Crippen LogP contribution in [0.5, 0.6) is 11.5 Å². The van der Waals surface area contributed by atoms with Gasteiger partial charge in [0.05, 0.1) is 13.7 Å². The molecule has 1 aromatic carbocycles. The lowest BCUT2D eigenvalue weighted by Gasteiger charge is -2.10. The van der Waals surface area contributed by atoms with Crippen LogP contribution in [-0.4, -0.2) is 24.7 Å². The van der Waals surface area contributed by atoms with E-state index in [1.165, 1.54) is 25.7 Å². The second-order valence-electron chi connectivity index (χ2n) is 4.30. The van der Waals surface area contributed by atoms with Crippen LogP contribution < -0.4 is 9.47 Å². The molecule has 1 aromatic rings. The average Bonchev–Trinajstić information content (AvgIpc) is 2.88. The molecule has 0 aromatic heterocycles. The summed E-state index contributed by atoms with van der Waals surface area (Å²) in [5, 5.41) is 0.884. The molecule has 0 unspecified atom stereocenters. The molecule has 2 rings (SSSR count). The van der Waals surface area contributed by atoms with E-state index in [4.69, 9.17) is 9.47 Å². The highest BCUT2D eigenvalue weighted by Crippen LogP contribution is 2.29. The van der Waals surface area contributed by atoms with Crippen LogP contribution in [0.4, 0.5) is 0 Å². The summed E-state index contributed by atoms with van der Waals surface area (Å²) >= 11 is 2.06. The summed E-state index contributed by atoms with van der Waals surface area (Å²) in [4.78, 5) is 0. The van der Waals surface area contributed by atoms with Crippen molar-refractivity contribution in [3.63, 3.8) is 0 Å². The van der Waals surface area contributed by atoms with Gasteiger partial charge in [-0.05, 0) is 37.1 Å². The summed E-state index contributed by atoms with van der Waals surface area (Å²) in [6.07, 6.45) is 5.62. The van der Waals surface area contributed by atoms with Gasteiger partial charge in [0.2, 0.25) is 0 Å². The lowest BCUT2D eigenvalue weighted by atomic mass is 10.3. The molecule has 94 valence electrons. The smallest absolute Gasteiger partial charge is 0.119 e. The van der Waals surface area contributed by atoms with Crippen LogP contribution in [0.25, 0.3) is 0 Å². The number of rotatable bonds is 6. The van der Waals surface area contributed by atoms with Gasteiger partial charge in [-0.2, -0.15) is 11.8 Å². The highest BCUT2D eigenvalue weighted by molar-refractivity contribution is 7.99. The summed E-state index contributed by atoms with van der Waals surface area (Å²) in [6, 6.07) is 7.77. The molecule has 2 nitrogen and oxygen atoms in total. The molecule has 1 aliphatic rings. The molecule has 1 fully saturated rings. The minimum absolute atomic E-state index is 0.799. The standard InChI is InChI=1S/C14H20O2S/c1-15-12-6-8-13(9-7-12)16-10-11-17-14-4-2-3-5-14/h6-9,14H,2-5,10-11H2,1H3. The number of methoxy groups -OCH3 is 1. The first kappa shape index (κ1) is 12.6. The highest BCUT2D eigenvalue weighted by Gasteiger charge is 2.14. The Hall–Kier alpha value is -0.830. The van der Waals surface area contributed by atoms with E-state index in [1.807, 2.05) is 24.3 Å². The number of benzene rings is 1. The van der Waals surface area contributed by atoms with E-state index in [1.54, 1.807) is 7.11 Å². The van der Waals surface area contributed by atoms with E-state index in [9.17, 15) is 0 Å². The van der Waals surface area contributed by atoms with Gasteiger partial charge in [-0.3, -0.25) is 0 Å². The van der Waals surface area contributed by atoms with Gasteiger partial charge in [0.15, 0.2) is 0 Å². The Labute approximate surface area is 108 Å². The molecule has 1 saturated carbocycles. The van der Waals surface area contributed by atoms with E-state index in [2.05, 4.69) is 11.8 Å². The lowest BCUT2D eigenvalue weighted by Crippen LogP contribution is -2.04. The number of hydrogen-bond acceptors (Lipinski definition) is 3.